The summed E-state index contributed by atoms with van der Waals surface area (Å²) >= 11 is 4.11. The van der Waals surface area contributed by atoms with E-state index in [4.69, 9.17) is 0 Å². The summed E-state index contributed by atoms with van der Waals surface area (Å²) < 4.78 is 39.6. The van der Waals surface area contributed by atoms with Crippen LogP contribution in [0.1, 0.15) is 18.9 Å². The third-order valence-corrected chi connectivity index (χ3v) is 4.45. The molecule has 1 saturated heterocycles. The van der Waals surface area contributed by atoms with Gasteiger partial charge in [-0.25, -0.2) is 0 Å². The van der Waals surface area contributed by atoms with Gasteiger partial charge in [-0.1, -0.05) is 27.7 Å². The highest BCUT2D eigenvalue weighted by atomic mass is 79.9. The molecular formula is C13H11BrF3NO2S. The molecule has 0 radical (unpaired) electrons. The van der Waals surface area contributed by atoms with Crippen LogP contribution in [0, 0.1) is 0 Å². The fraction of sp³-hybridized carbons (Fsp3) is 0.385. The maximum absolute atomic E-state index is 13.1. The summed E-state index contributed by atoms with van der Waals surface area (Å²) in [6.07, 6.45) is -4.48. The average Bonchev–Trinajstić information content (AvgIpc) is 2.67. The van der Waals surface area contributed by atoms with Gasteiger partial charge in [-0.2, -0.15) is 13.2 Å². The van der Waals surface area contributed by atoms with Crippen LogP contribution < -0.4 is 4.90 Å². The van der Waals surface area contributed by atoms with E-state index in [0.717, 1.165) is 22.7 Å². The van der Waals surface area contributed by atoms with Gasteiger partial charge in [0, 0.05) is 29.6 Å². The second kappa shape index (κ2) is 6.00. The monoisotopic (exact) mass is 381 g/mol. The van der Waals surface area contributed by atoms with Crippen molar-refractivity contribution in [2.75, 3.05) is 11.4 Å². The van der Waals surface area contributed by atoms with Crippen molar-refractivity contribution in [2.45, 2.75) is 24.8 Å². The predicted octanol–water partition coefficient (Wildman–Crippen LogP) is 3.85. The largest absolute Gasteiger partial charge is 0.418 e. The normalized spacial score (nSPS) is 19.2. The van der Waals surface area contributed by atoms with Gasteiger partial charge in [-0.05, 0) is 18.2 Å². The lowest BCUT2D eigenvalue weighted by Crippen LogP contribution is -2.27. The summed E-state index contributed by atoms with van der Waals surface area (Å²) in [5, 5.41) is -0.463. The highest BCUT2D eigenvalue weighted by Gasteiger charge is 2.39. The Morgan fingerprint density at radius 2 is 2.10 bits per heavy atom. The second-order valence-corrected chi connectivity index (χ2v) is 6.99. The minimum atomic E-state index is -4.54. The Kier molecular flexibility index (Phi) is 4.67. The molecule has 1 heterocycles. The molecule has 0 N–H and O–H groups in total. The summed E-state index contributed by atoms with van der Waals surface area (Å²) in [5.74, 6) is -0.405. The standard InChI is InChI=1S/C13H11BrF3NO2S/c1-7(19)21-9-5-12(20)18(6-9)11-4-8(14)2-3-10(11)13(15,16)17/h2-4,9H,5-6H2,1H3. The van der Waals surface area contributed by atoms with Crippen LogP contribution in [0.3, 0.4) is 0 Å². The quantitative estimate of drug-likeness (QED) is 0.780. The Balaban J connectivity index is 2.36. The zero-order valence-electron chi connectivity index (χ0n) is 10.9. The van der Waals surface area contributed by atoms with Gasteiger partial charge >= 0.3 is 6.18 Å². The molecule has 1 aliphatic heterocycles. The molecule has 1 unspecified atom stereocenters. The maximum atomic E-state index is 13.1. The first-order chi connectivity index (χ1) is 9.68. The van der Waals surface area contributed by atoms with E-state index in [9.17, 15) is 22.8 Å². The van der Waals surface area contributed by atoms with Gasteiger partial charge in [0.25, 0.3) is 0 Å². The maximum Gasteiger partial charge on any atom is 0.418 e. The first kappa shape index (κ1) is 16.4. The number of rotatable bonds is 2. The van der Waals surface area contributed by atoms with Gasteiger partial charge < -0.3 is 4.90 Å². The molecule has 8 heteroatoms. The third-order valence-electron chi connectivity index (χ3n) is 2.98. The van der Waals surface area contributed by atoms with Crippen LogP contribution in [-0.4, -0.2) is 22.8 Å². The Hall–Kier alpha value is -1.02. The Labute approximate surface area is 132 Å². The molecule has 0 spiro atoms. The minimum Gasteiger partial charge on any atom is -0.311 e. The van der Waals surface area contributed by atoms with E-state index in [1.807, 2.05) is 0 Å². The van der Waals surface area contributed by atoms with E-state index >= 15 is 0 Å². The van der Waals surface area contributed by atoms with Crippen molar-refractivity contribution in [3.63, 3.8) is 0 Å². The number of carbonyl (C=O) groups excluding carboxylic acids is 2. The summed E-state index contributed by atoms with van der Waals surface area (Å²) in [5.41, 5.74) is -1.03. The van der Waals surface area contributed by atoms with Crippen LogP contribution in [0.15, 0.2) is 22.7 Å². The third kappa shape index (κ3) is 3.79. The summed E-state index contributed by atoms with van der Waals surface area (Å²) in [4.78, 5) is 24.2. The first-order valence-corrected chi connectivity index (χ1v) is 7.70. The molecule has 3 nitrogen and oxygen atoms in total. The fourth-order valence-electron chi connectivity index (χ4n) is 2.19. The number of hydrogen-bond donors (Lipinski definition) is 0. The van der Waals surface area contributed by atoms with Gasteiger partial charge in [-0.15, -0.1) is 0 Å². The van der Waals surface area contributed by atoms with E-state index in [0.29, 0.717) is 4.47 Å². The molecule has 0 aromatic heterocycles. The number of thioether (sulfide) groups is 1. The number of alkyl halides is 3. The smallest absolute Gasteiger partial charge is 0.311 e. The lowest BCUT2D eigenvalue weighted by molar-refractivity contribution is -0.137. The highest BCUT2D eigenvalue weighted by Crippen LogP contribution is 2.40. The van der Waals surface area contributed by atoms with Gasteiger partial charge in [0.15, 0.2) is 5.12 Å². The van der Waals surface area contributed by atoms with Crippen molar-refractivity contribution >= 4 is 44.4 Å². The zero-order chi connectivity index (χ0) is 15.8. The topological polar surface area (TPSA) is 37.4 Å². The Morgan fingerprint density at radius 3 is 2.67 bits per heavy atom. The number of nitrogens with zero attached hydrogens (tertiary/aromatic N) is 1. The highest BCUT2D eigenvalue weighted by molar-refractivity contribution is 9.10. The number of anilines is 1. The molecule has 1 fully saturated rings. The van der Waals surface area contributed by atoms with Crippen LogP contribution in [0.25, 0.3) is 0 Å². The molecule has 0 aliphatic carbocycles. The molecule has 1 aromatic carbocycles. The van der Waals surface area contributed by atoms with Crippen LogP contribution in [0.2, 0.25) is 0 Å². The van der Waals surface area contributed by atoms with Crippen molar-refractivity contribution in [1.82, 2.24) is 0 Å². The molecular weight excluding hydrogens is 371 g/mol. The van der Waals surface area contributed by atoms with Crippen LogP contribution in [0.5, 0.6) is 0 Å². The lowest BCUT2D eigenvalue weighted by Gasteiger charge is -2.22. The number of carbonyl (C=O) groups is 2. The van der Waals surface area contributed by atoms with Crippen LogP contribution >= 0.6 is 27.7 Å². The predicted molar refractivity (Wildman–Crippen MR) is 78.2 cm³/mol. The van der Waals surface area contributed by atoms with Gasteiger partial charge in [0.2, 0.25) is 5.91 Å². The van der Waals surface area contributed by atoms with E-state index in [1.165, 1.54) is 19.1 Å². The van der Waals surface area contributed by atoms with E-state index in [1.54, 1.807) is 0 Å². The molecule has 1 amide bonds. The number of benzene rings is 1. The molecule has 0 bridgehead atoms. The van der Waals surface area contributed by atoms with Crippen LogP contribution in [0.4, 0.5) is 18.9 Å². The van der Waals surface area contributed by atoms with Crippen molar-refractivity contribution in [3.05, 3.63) is 28.2 Å². The minimum absolute atomic E-state index is 0.0635. The molecule has 21 heavy (non-hydrogen) atoms. The number of amides is 1. The molecule has 1 aromatic rings. The lowest BCUT2D eigenvalue weighted by atomic mass is 10.1. The Morgan fingerprint density at radius 1 is 1.43 bits per heavy atom. The summed E-state index contributed by atoms with van der Waals surface area (Å²) in [6.45, 7) is 1.47. The van der Waals surface area contributed by atoms with Crippen molar-refractivity contribution < 1.29 is 22.8 Å². The van der Waals surface area contributed by atoms with Gasteiger partial charge in [0.05, 0.1) is 11.3 Å². The van der Waals surface area contributed by atoms with Gasteiger partial charge in [-0.3, -0.25) is 9.59 Å². The average molecular weight is 382 g/mol. The molecule has 114 valence electrons. The zero-order valence-corrected chi connectivity index (χ0v) is 13.3. The Bertz CT molecular complexity index is 591. The molecule has 0 saturated carbocycles. The van der Waals surface area contributed by atoms with E-state index < -0.39 is 17.6 Å². The fourth-order valence-corrected chi connectivity index (χ4v) is 3.46. The van der Waals surface area contributed by atoms with Crippen molar-refractivity contribution in [1.29, 1.82) is 0 Å². The molecule has 1 aliphatic rings. The SMILES string of the molecule is CC(=O)SC1CC(=O)N(c2cc(Br)ccc2C(F)(F)F)C1. The van der Waals surface area contributed by atoms with Crippen LogP contribution in [-0.2, 0) is 15.8 Å². The second-order valence-electron chi connectivity index (χ2n) is 4.60. The summed E-state index contributed by atoms with van der Waals surface area (Å²) in [6, 6.07) is 3.51. The molecule has 2 rings (SSSR count). The first-order valence-electron chi connectivity index (χ1n) is 6.03. The van der Waals surface area contributed by atoms with Crippen molar-refractivity contribution in [3.8, 4) is 0 Å². The van der Waals surface area contributed by atoms with E-state index in [-0.39, 0.29) is 29.0 Å². The van der Waals surface area contributed by atoms with Crippen molar-refractivity contribution in [2.24, 2.45) is 0 Å². The van der Waals surface area contributed by atoms with Gasteiger partial charge in [0.1, 0.15) is 0 Å². The molecule has 1 atom stereocenters. The van der Waals surface area contributed by atoms with E-state index in [2.05, 4.69) is 15.9 Å². The summed E-state index contributed by atoms with van der Waals surface area (Å²) in [7, 11) is 0. The number of halogens is 4. The number of hydrogen-bond acceptors (Lipinski definition) is 3.